The smallest absolute Gasteiger partial charge is 0.0233 e. The molecule has 1 aromatic rings. The molecule has 0 aromatic heterocycles. The molecule has 1 aliphatic carbocycles. The summed E-state index contributed by atoms with van der Waals surface area (Å²) in [5, 5.41) is 0. The molecule has 0 radical (unpaired) electrons. The Bertz CT molecular complexity index is 278. The Morgan fingerprint density at radius 2 is 1.93 bits per heavy atom. The summed E-state index contributed by atoms with van der Waals surface area (Å²) in [7, 11) is 2.18. The molecule has 0 unspecified atom stereocenters. The topological polar surface area (TPSA) is 29.3 Å². The van der Waals surface area contributed by atoms with Gasteiger partial charge >= 0.3 is 0 Å². The van der Waals surface area contributed by atoms with Crippen LogP contribution in [0.5, 0.6) is 0 Å². The second-order valence-corrected chi connectivity index (χ2v) is 4.29. The van der Waals surface area contributed by atoms with E-state index in [-0.39, 0.29) is 0 Å². The van der Waals surface area contributed by atoms with Crippen molar-refractivity contribution in [1.29, 1.82) is 0 Å². The molecule has 2 nitrogen and oxygen atoms in total. The van der Waals surface area contributed by atoms with Gasteiger partial charge in [-0.25, -0.2) is 0 Å². The molecule has 1 saturated carbocycles. The van der Waals surface area contributed by atoms with Crippen LogP contribution in [-0.4, -0.2) is 24.0 Å². The summed E-state index contributed by atoms with van der Waals surface area (Å²) in [6.07, 6.45) is 2.31. The van der Waals surface area contributed by atoms with Crippen molar-refractivity contribution in [2.45, 2.75) is 31.5 Å². The predicted molar refractivity (Wildman–Crippen MR) is 58.9 cm³/mol. The first kappa shape index (κ1) is 9.69. The zero-order valence-electron chi connectivity index (χ0n) is 8.69. The van der Waals surface area contributed by atoms with Crippen molar-refractivity contribution in [1.82, 2.24) is 4.90 Å². The number of hydrogen-bond acceptors (Lipinski definition) is 2. The first-order valence-electron chi connectivity index (χ1n) is 5.25. The zero-order valence-corrected chi connectivity index (χ0v) is 8.69. The highest BCUT2D eigenvalue weighted by Crippen LogP contribution is 2.23. The maximum atomic E-state index is 5.77. The Labute approximate surface area is 85.7 Å². The van der Waals surface area contributed by atoms with E-state index in [0.717, 1.165) is 19.4 Å². The number of rotatable bonds is 3. The van der Waals surface area contributed by atoms with E-state index >= 15 is 0 Å². The fourth-order valence-electron chi connectivity index (χ4n) is 1.99. The molecule has 76 valence electrons. The van der Waals surface area contributed by atoms with E-state index < -0.39 is 0 Å². The Balaban J connectivity index is 1.86. The molecule has 14 heavy (non-hydrogen) atoms. The van der Waals surface area contributed by atoms with Crippen molar-refractivity contribution in [3.05, 3.63) is 35.9 Å². The van der Waals surface area contributed by atoms with Gasteiger partial charge in [0.15, 0.2) is 0 Å². The maximum Gasteiger partial charge on any atom is 0.0233 e. The number of nitrogens with two attached hydrogens (primary N) is 1. The van der Waals surface area contributed by atoms with E-state index in [1.807, 2.05) is 0 Å². The van der Waals surface area contributed by atoms with Crippen molar-refractivity contribution in [3.63, 3.8) is 0 Å². The minimum atomic E-state index is 0.443. The molecule has 2 rings (SSSR count). The van der Waals surface area contributed by atoms with Crippen LogP contribution in [0.4, 0.5) is 0 Å². The van der Waals surface area contributed by atoms with E-state index in [2.05, 4.69) is 42.3 Å². The molecule has 2 heteroatoms. The van der Waals surface area contributed by atoms with Crippen molar-refractivity contribution in [3.8, 4) is 0 Å². The van der Waals surface area contributed by atoms with Crippen LogP contribution >= 0.6 is 0 Å². The highest BCUT2D eigenvalue weighted by molar-refractivity contribution is 5.14. The molecule has 0 heterocycles. The molecular weight excluding hydrogens is 172 g/mol. The number of nitrogens with zero attached hydrogens (tertiary/aromatic N) is 1. The molecule has 0 atom stereocenters. The van der Waals surface area contributed by atoms with E-state index in [0.29, 0.717) is 12.1 Å². The minimum absolute atomic E-state index is 0.443. The van der Waals surface area contributed by atoms with Crippen molar-refractivity contribution in [2.24, 2.45) is 5.73 Å². The molecule has 1 fully saturated rings. The van der Waals surface area contributed by atoms with Crippen molar-refractivity contribution in [2.75, 3.05) is 7.05 Å². The van der Waals surface area contributed by atoms with Crippen LogP contribution < -0.4 is 5.73 Å². The van der Waals surface area contributed by atoms with Crippen LogP contribution in [0, 0.1) is 0 Å². The lowest BCUT2D eigenvalue weighted by Gasteiger charge is -2.39. The fourth-order valence-corrected chi connectivity index (χ4v) is 1.99. The van der Waals surface area contributed by atoms with Gasteiger partial charge in [-0.3, -0.25) is 4.90 Å². The summed E-state index contributed by atoms with van der Waals surface area (Å²) in [6, 6.07) is 11.7. The highest BCUT2D eigenvalue weighted by Gasteiger charge is 2.28. The third kappa shape index (κ3) is 2.14. The average molecular weight is 190 g/mol. The fraction of sp³-hybridized carbons (Fsp3) is 0.500. The molecule has 0 aliphatic heterocycles. The highest BCUT2D eigenvalue weighted by atomic mass is 15.1. The van der Waals surface area contributed by atoms with Gasteiger partial charge in [-0.05, 0) is 25.5 Å². The molecule has 0 bridgehead atoms. The second-order valence-electron chi connectivity index (χ2n) is 4.29. The Kier molecular flexibility index (Phi) is 2.85. The predicted octanol–water partition coefficient (Wildman–Crippen LogP) is 1.61. The van der Waals surface area contributed by atoms with Gasteiger partial charge in [-0.2, -0.15) is 0 Å². The molecule has 1 aliphatic rings. The lowest BCUT2D eigenvalue weighted by molar-refractivity contribution is 0.132. The quantitative estimate of drug-likeness (QED) is 0.784. The maximum absolute atomic E-state index is 5.77. The van der Waals surface area contributed by atoms with Crippen LogP contribution in [0.1, 0.15) is 18.4 Å². The Morgan fingerprint density at radius 3 is 2.50 bits per heavy atom. The molecule has 0 amide bonds. The lowest BCUT2D eigenvalue weighted by Crippen LogP contribution is -2.48. The third-order valence-corrected chi connectivity index (χ3v) is 3.05. The van der Waals surface area contributed by atoms with Crippen LogP contribution in [0.3, 0.4) is 0 Å². The van der Waals surface area contributed by atoms with Gasteiger partial charge in [0.1, 0.15) is 0 Å². The van der Waals surface area contributed by atoms with Crippen LogP contribution in [-0.2, 0) is 6.54 Å². The number of benzene rings is 1. The van der Waals surface area contributed by atoms with Crippen molar-refractivity contribution < 1.29 is 0 Å². The Hall–Kier alpha value is -0.860. The normalized spacial score (nSPS) is 26.2. The van der Waals surface area contributed by atoms with E-state index in [4.69, 9.17) is 5.73 Å². The standard InChI is InChI=1S/C12H18N2/c1-14(12-7-11(13)8-12)9-10-5-3-2-4-6-10/h2-6,11-12H,7-9,13H2,1H3/t11-,12-. The van der Waals surface area contributed by atoms with Gasteiger partial charge in [-0.15, -0.1) is 0 Å². The van der Waals surface area contributed by atoms with Gasteiger partial charge < -0.3 is 5.73 Å². The summed E-state index contributed by atoms with van der Waals surface area (Å²) in [5.74, 6) is 0. The van der Waals surface area contributed by atoms with Crippen LogP contribution in [0.2, 0.25) is 0 Å². The van der Waals surface area contributed by atoms with E-state index in [1.54, 1.807) is 0 Å². The summed E-state index contributed by atoms with van der Waals surface area (Å²) < 4.78 is 0. The SMILES string of the molecule is CN(Cc1ccccc1)[C@H]1C[C@H](N)C1. The zero-order chi connectivity index (χ0) is 9.97. The summed E-state index contributed by atoms with van der Waals surface area (Å²) in [5.41, 5.74) is 7.16. The third-order valence-electron chi connectivity index (χ3n) is 3.05. The van der Waals surface area contributed by atoms with Crippen LogP contribution in [0.25, 0.3) is 0 Å². The summed E-state index contributed by atoms with van der Waals surface area (Å²) in [6.45, 7) is 1.04. The molecule has 0 spiro atoms. The van der Waals surface area contributed by atoms with Gasteiger partial charge in [0.2, 0.25) is 0 Å². The first-order valence-corrected chi connectivity index (χ1v) is 5.25. The van der Waals surface area contributed by atoms with Gasteiger partial charge in [0.05, 0.1) is 0 Å². The summed E-state index contributed by atoms with van der Waals surface area (Å²) in [4.78, 5) is 2.40. The largest absolute Gasteiger partial charge is 0.328 e. The molecule has 2 N–H and O–H groups in total. The van der Waals surface area contributed by atoms with Gasteiger partial charge in [-0.1, -0.05) is 30.3 Å². The molecule has 0 saturated heterocycles. The minimum Gasteiger partial charge on any atom is -0.328 e. The second kappa shape index (κ2) is 4.11. The Morgan fingerprint density at radius 1 is 1.29 bits per heavy atom. The van der Waals surface area contributed by atoms with E-state index in [1.165, 1.54) is 5.56 Å². The van der Waals surface area contributed by atoms with E-state index in [9.17, 15) is 0 Å². The monoisotopic (exact) mass is 190 g/mol. The average Bonchev–Trinajstić information content (AvgIpc) is 2.14. The lowest BCUT2D eigenvalue weighted by atomic mass is 9.86. The summed E-state index contributed by atoms with van der Waals surface area (Å²) >= 11 is 0. The van der Waals surface area contributed by atoms with Crippen molar-refractivity contribution >= 4 is 0 Å². The van der Waals surface area contributed by atoms with Gasteiger partial charge in [0.25, 0.3) is 0 Å². The van der Waals surface area contributed by atoms with Crippen LogP contribution in [0.15, 0.2) is 30.3 Å². The molecular formula is C12H18N2. The van der Waals surface area contributed by atoms with Gasteiger partial charge in [0, 0.05) is 18.6 Å². The first-order chi connectivity index (χ1) is 6.75. The number of hydrogen-bond donors (Lipinski definition) is 1. The molecule has 1 aromatic carbocycles.